The van der Waals surface area contributed by atoms with Crippen molar-refractivity contribution in [3.05, 3.63) is 54.6 Å². The Kier molecular flexibility index (Phi) is 4.92. The first-order chi connectivity index (χ1) is 12.0. The highest BCUT2D eigenvalue weighted by atomic mass is 16.1. The van der Waals surface area contributed by atoms with Gasteiger partial charge in [-0.3, -0.25) is 9.48 Å². The fourth-order valence-electron chi connectivity index (χ4n) is 2.68. The van der Waals surface area contributed by atoms with E-state index in [2.05, 4.69) is 20.5 Å². The predicted molar refractivity (Wildman–Crippen MR) is 95.0 cm³/mol. The Hall–Kier alpha value is -2.96. The lowest BCUT2D eigenvalue weighted by molar-refractivity contribution is 0.0936. The van der Waals surface area contributed by atoms with Gasteiger partial charge < -0.3 is 5.32 Å². The summed E-state index contributed by atoms with van der Waals surface area (Å²) >= 11 is 0. The highest BCUT2D eigenvalue weighted by Gasteiger charge is 2.14. The number of nitrogens with zero attached hydrogens (tertiary/aromatic N) is 5. The number of hydrogen-bond donors (Lipinski definition) is 1. The van der Waals surface area contributed by atoms with E-state index in [0.29, 0.717) is 12.1 Å². The van der Waals surface area contributed by atoms with Gasteiger partial charge in [-0.2, -0.15) is 10.2 Å². The number of carbonyl (C=O) groups excluding carboxylic acids is 1. The normalized spacial score (nSPS) is 12.3. The van der Waals surface area contributed by atoms with Crippen molar-refractivity contribution in [3.63, 3.8) is 0 Å². The van der Waals surface area contributed by atoms with Gasteiger partial charge in [0, 0.05) is 35.6 Å². The van der Waals surface area contributed by atoms with Crippen molar-refractivity contribution in [1.82, 2.24) is 29.9 Å². The van der Waals surface area contributed by atoms with Gasteiger partial charge in [0.25, 0.3) is 5.91 Å². The molecule has 0 aliphatic heterocycles. The molecular formula is C18H22N6O. The summed E-state index contributed by atoms with van der Waals surface area (Å²) in [7, 11) is 0. The van der Waals surface area contributed by atoms with E-state index in [-0.39, 0.29) is 18.0 Å². The van der Waals surface area contributed by atoms with Gasteiger partial charge in [0.2, 0.25) is 0 Å². The van der Waals surface area contributed by atoms with Crippen LogP contribution in [0.3, 0.4) is 0 Å². The van der Waals surface area contributed by atoms with Crippen LogP contribution in [-0.2, 0) is 6.54 Å². The molecule has 25 heavy (non-hydrogen) atoms. The molecule has 2 aromatic heterocycles. The van der Waals surface area contributed by atoms with Crippen LogP contribution in [0.25, 0.3) is 11.4 Å². The molecule has 2 heterocycles. The number of rotatable bonds is 6. The minimum absolute atomic E-state index is 0.0321. The van der Waals surface area contributed by atoms with Gasteiger partial charge in [-0.15, -0.1) is 0 Å². The van der Waals surface area contributed by atoms with Gasteiger partial charge in [-0.05, 0) is 39.0 Å². The molecule has 0 aliphatic rings. The van der Waals surface area contributed by atoms with Crippen molar-refractivity contribution >= 4 is 5.91 Å². The monoisotopic (exact) mass is 338 g/mol. The Labute approximate surface area is 146 Å². The second-order valence-corrected chi connectivity index (χ2v) is 6.31. The maximum Gasteiger partial charge on any atom is 0.251 e. The highest BCUT2D eigenvalue weighted by Crippen LogP contribution is 2.20. The molecule has 3 rings (SSSR count). The zero-order valence-corrected chi connectivity index (χ0v) is 14.6. The predicted octanol–water partition coefficient (Wildman–Crippen LogP) is 2.54. The fraction of sp³-hybridized carbons (Fsp3) is 0.333. The summed E-state index contributed by atoms with van der Waals surface area (Å²) in [5.74, 6) is 0.645. The topological polar surface area (TPSA) is 77.6 Å². The van der Waals surface area contributed by atoms with Gasteiger partial charge in [-0.1, -0.05) is 12.1 Å². The third kappa shape index (κ3) is 3.93. The molecule has 1 N–H and O–H groups in total. The number of carbonyl (C=O) groups is 1. The molecule has 130 valence electrons. The molecule has 1 aromatic carbocycles. The Morgan fingerprint density at radius 3 is 2.76 bits per heavy atom. The van der Waals surface area contributed by atoms with Crippen LogP contribution >= 0.6 is 0 Å². The largest absolute Gasteiger partial charge is 0.348 e. The molecule has 1 atom stereocenters. The molecule has 0 radical (unpaired) electrons. The summed E-state index contributed by atoms with van der Waals surface area (Å²) in [5, 5.41) is 11.4. The van der Waals surface area contributed by atoms with Crippen LogP contribution in [0.5, 0.6) is 0 Å². The summed E-state index contributed by atoms with van der Waals surface area (Å²) in [6.07, 6.45) is 5.14. The highest BCUT2D eigenvalue weighted by molar-refractivity contribution is 5.95. The molecule has 0 fully saturated rings. The van der Waals surface area contributed by atoms with E-state index in [0.717, 1.165) is 11.4 Å². The van der Waals surface area contributed by atoms with E-state index in [4.69, 9.17) is 0 Å². The van der Waals surface area contributed by atoms with Crippen LogP contribution < -0.4 is 5.32 Å². The Morgan fingerprint density at radius 1 is 1.20 bits per heavy atom. The van der Waals surface area contributed by atoms with Crippen LogP contribution in [0.15, 0.2) is 49.1 Å². The second kappa shape index (κ2) is 7.29. The third-order valence-electron chi connectivity index (χ3n) is 3.84. The zero-order chi connectivity index (χ0) is 17.8. The first-order valence-corrected chi connectivity index (χ1v) is 8.33. The lowest BCUT2D eigenvalue weighted by Gasteiger charge is -2.15. The first kappa shape index (κ1) is 16.9. The number of amides is 1. The molecule has 0 aliphatic carbocycles. The third-order valence-corrected chi connectivity index (χ3v) is 3.84. The van der Waals surface area contributed by atoms with Crippen molar-refractivity contribution in [1.29, 1.82) is 0 Å². The smallest absolute Gasteiger partial charge is 0.251 e. The molecule has 0 spiro atoms. The van der Waals surface area contributed by atoms with Crippen molar-refractivity contribution in [3.8, 4) is 11.4 Å². The lowest BCUT2D eigenvalue weighted by atomic mass is 10.1. The first-order valence-electron chi connectivity index (χ1n) is 8.33. The van der Waals surface area contributed by atoms with Gasteiger partial charge >= 0.3 is 0 Å². The van der Waals surface area contributed by atoms with E-state index in [1.54, 1.807) is 16.9 Å². The molecule has 0 saturated heterocycles. The van der Waals surface area contributed by atoms with Gasteiger partial charge in [0.15, 0.2) is 5.82 Å². The van der Waals surface area contributed by atoms with Gasteiger partial charge in [0.05, 0.1) is 6.54 Å². The number of aromatic nitrogens is 5. The average molecular weight is 338 g/mol. The Morgan fingerprint density at radius 2 is 2.04 bits per heavy atom. The summed E-state index contributed by atoms with van der Waals surface area (Å²) in [4.78, 5) is 16.9. The maximum absolute atomic E-state index is 12.5. The fourth-order valence-corrected chi connectivity index (χ4v) is 2.68. The maximum atomic E-state index is 12.5. The van der Waals surface area contributed by atoms with Crippen molar-refractivity contribution in [2.75, 3.05) is 0 Å². The molecular weight excluding hydrogens is 316 g/mol. The van der Waals surface area contributed by atoms with Gasteiger partial charge in [-0.25, -0.2) is 9.67 Å². The zero-order valence-electron chi connectivity index (χ0n) is 14.6. The average Bonchev–Trinajstić information content (AvgIpc) is 3.26. The minimum atomic E-state index is -0.114. The lowest BCUT2D eigenvalue weighted by Crippen LogP contribution is -2.35. The van der Waals surface area contributed by atoms with E-state index in [1.165, 1.54) is 6.33 Å². The summed E-state index contributed by atoms with van der Waals surface area (Å²) in [5.41, 5.74) is 1.47. The second-order valence-electron chi connectivity index (χ2n) is 6.31. The number of benzene rings is 1. The van der Waals surface area contributed by atoms with E-state index in [1.807, 2.05) is 55.9 Å². The SMILES string of the molecule is CC(Cn1cccn1)NC(=O)c1cccc(-c2ncnn2C(C)C)c1. The van der Waals surface area contributed by atoms with E-state index < -0.39 is 0 Å². The molecule has 7 nitrogen and oxygen atoms in total. The standard InChI is InChI=1S/C18H22N6O/c1-13(2)24-17(19-12-21-24)15-6-4-7-16(10-15)18(25)22-14(3)11-23-9-5-8-20-23/h4-10,12-14H,11H2,1-3H3,(H,22,25). The summed E-state index contributed by atoms with van der Waals surface area (Å²) < 4.78 is 3.64. The quantitative estimate of drug-likeness (QED) is 0.749. The molecule has 7 heteroatoms. The van der Waals surface area contributed by atoms with Crippen molar-refractivity contribution in [2.45, 2.75) is 39.4 Å². The molecule has 0 bridgehead atoms. The van der Waals surface area contributed by atoms with Crippen LogP contribution in [-0.4, -0.2) is 36.5 Å². The summed E-state index contributed by atoms with van der Waals surface area (Å²) in [6, 6.07) is 9.48. The summed E-state index contributed by atoms with van der Waals surface area (Å²) in [6.45, 7) is 6.68. The van der Waals surface area contributed by atoms with E-state index >= 15 is 0 Å². The van der Waals surface area contributed by atoms with Crippen LogP contribution in [0.2, 0.25) is 0 Å². The van der Waals surface area contributed by atoms with E-state index in [9.17, 15) is 4.79 Å². The van der Waals surface area contributed by atoms with Gasteiger partial charge in [0.1, 0.15) is 6.33 Å². The van der Waals surface area contributed by atoms with Crippen LogP contribution in [0, 0.1) is 0 Å². The molecule has 3 aromatic rings. The number of hydrogen-bond acceptors (Lipinski definition) is 4. The van der Waals surface area contributed by atoms with Crippen molar-refractivity contribution < 1.29 is 4.79 Å². The Bertz CT molecular complexity index is 837. The van der Waals surface area contributed by atoms with Crippen LogP contribution in [0.1, 0.15) is 37.2 Å². The van der Waals surface area contributed by atoms with Crippen molar-refractivity contribution in [2.24, 2.45) is 0 Å². The molecule has 1 amide bonds. The van der Waals surface area contributed by atoms with Crippen LogP contribution in [0.4, 0.5) is 0 Å². The molecule has 0 saturated carbocycles. The number of nitrogens with one attached hydrogen (secondary N) is 1. The minimum Gasteiger partial charge on any atom is -0.348 e. The Balaban J connectivity index is 1.74. The molecule has 1 unspecified atom stereocenters.